The lowest BCUT2D eigenvalue weighted by Gasteiger charge is -2.39. The van der Waals surface area contributed by atoms with Gasteiger partial charge in [-0.05, 0) is 82.3 Å². The fraction of sp³-hybridized carbons (Fsp3) is 0.333. The van der Waals surface area contributed by atoms with Crippen molar-refractivity contribution < 1.29 is 27.4 Å². The van der Waals surface area contributed by atoms with Crippen molar-refractivity contribution in [3.63, 3.8) is 0 Å². The molecule has 0 aliphatic heterocycles. The minimum atomic E-state index is -3.63. The van der Waals surface area contributed by atoms with E-state index in [2.05, 4.69) is 10.0 Å². The van der Waals surface area contributed by atoms with Crippen LogP contribution in [0.25, 0.3) is 10.4 Å². The van der Waals surface area contributed by atoms with Gasteiger partial charge in [0, 0.05) is 29.2 Å². The first-order valence-corrected chi connectivity index (χ1v) is 18.3. The average molecular weight is 676 g/mol. The Labute approximate surface area is 281 Å². The Bertz CT molecular complexity index is 1640. The number of hydrogen-bond donors (Lipinski definition) is 0. The maximum absolute atomic E-state index is 13.4. The fourth-order valence-corrected chi connectivity index (χ4v) is 8.40. The van der Waals surface area contributed by atoms with Gasteiger partial charge in [0.1, 0.15) is 17.1 Å². The van der Waals surface area contributed by atoms with E-state index in [-0.39, 0.29) is 23.9 Å². The molecule has 0 N–H and O–H groups in total. The van der Waals surface area contributed by atoms with E-state index in [4.69, 9.17) is 24.5 Å². The highest BCUT2D eigenvalue weighted by Gasteiger charge is 2.41. The molecule has 4 aromatic carbocycles. The van der Waals surface area contributed by atoms with Gasteiger partial charge in [-0.3, -0.25) is 0 Å². The van der Waals surface area contributed by atoms with Crippen molar-refractivity contribution in [3.05, 3.63) is 136 Å². The minimum absolute atomic E-state index is 0.163. The second kappa shape index (κ2) is 17.2. The van der Waals surface area contributed by atoms with E-state index >= 15 is 0 Å². The average Bonchev–Trinajstić information content (AvgIpc) is 3.12. The van der Waals surface area contributed by atoms with E-state index in [0.717, 1.165) is 27.5 Å². The Morgan fingerprint density at radius 3 is 1.81 bits per heavy atom. The van der Waals surface area contributed by atoms with Crippen LogP contribution in [-0.2, 0) is 23.9 Å². The molecule has 4 rings (SSSR count). The predicted molar refractivity (Wildman–Crippen MR) is 187 cm³/mol. The molecule has 0 aliphatic carbocycles. The fourth-order valence-electron chi connectivity index (χ4n) is 5.11. The Balaban J connectivity index is 1.72. The highest BCUT2D eigenvalue weighted by atomic mass is 33.1. The quantitative estimate of drug-likeness (QED) is 0.0245. The van der Waals surface area contributed by atoms with Crippen LogP contribution in [0.1, 0.15) is 36.5 Å². The van der Waals surface area contributed by atoms with Crippen LogP contribution in [0.2, 0.25) is 0 Å². The topological polar surface area (TPSA) is 120 Å². The van der Waals surface area contributed by atoms with Gasteiger partial charge < -0.3 is 18.9 Å². The predicted octanol–water partition coefficient (Wildman–Crippen LogP) is 8.25. The van der Waals surface area contributed by atoms with Gasteiger partial charge in [0.25, 0.3) is 0 Å². The molecule has 9 nitrogen and oxygen atoms in total. The molecule has 0 amide bonds. The van der Waals surface area contributed by atoms with Crippen LogP contribution >= 0.6 is 10.8 Å². The summed E-state index contributed by atoms with van der Waals surface area (Å²) >= 11 is 0. The van der Waals surface area contributed by atoms with Gasteiger partial charge in [-0.25, -0.2) is 8.42 Å². The third kappa shape index (κ3) is 9.53. The minimum Gasteiger partial charge on any atom is -0.497 e. The molecule has 0 bridgehead atoms. The summed E-state index contributed by atoms with van der Waals surface area (Å²) in [5.74, 6) is 1.65. The summed E-state index contributed by atoms with van der Waals surface area (Å²) in [5, 5.41) is 3.59. The lowest BCUT2D eigenvalue weighted by atomic mass is 9.79. The van der Waals surface area contributed by atoms with Crippen molar-refractivity contribution in [2.24, 2.45) is 10.5 Å². The zero-order valence-electron chi connectivity index (χ0n) is 26.9. The molecule has 1 unspecified atom stereocenters. The first-order chi connectivity index (χ1) is 22.8. The first-order valence-electron chi connectivity index (χ1n) is 15.3. The largest absolute Gasteiger partial charge is 0.497 e. The first kappa shape index (κ1) is 35.9. The summed E-state index contributed by atoms with van der Waals surface area (Å²) in [6.07, 6.45) is 1.40. The molecule has 0 heterocycles. The third-order valence-electron chi connectivity index (χ3n) is 7.72. The van der Waals surface area contributed by atoms with Crippen LogP contribution in [0, 0.1) is 5.41 Å². The second-order valence-corrected chi connectivity index (χ2v) is 15.3. The van der Waals surface area contributed by atoms with Crippen molar-refractivity contribution in [3.8, 4) is 11.5 Å². The molecule has 11 heteroatoms. The number of benzene rings is 4. The van der Waals surface area contributed by atoms with Gasteiger partial charge >= 0.3 is 0 Å². The van der Waals surface area contributed by atoms with Gasteiger partial charge in [-0.2, -0.15) is 0 Å². The third-order valence-corrected chi connectivity index (χ3v) is 11.6. The number of nitrogens with zero attached hydrogens (tertiary/aromatic N) is 3. The maximum Gasteiger partial charge on any atom is 0.230 e. The summed E-state index contributed by atoms with van der Waals surface area (Å²) in [7, 11) is 0.508. The van der Waals surface area contributed by atoms with Gasteiger partial charge in [0.2, 0.25) is 8.87 Å². The summed E-state index contributed by atoms with van der Waals surface area (Å²) in [4.78, 5) is 3.05. The van der Waals surface area contributed by atoms with Crippen LogP contribution in [0.4, 0.5) is 0 Å². The summed E-state index contributed by atoms with van der Waals surface area (Å²) in [6.45, 7) is 3.23. The van der Waals surface area contributed by atoms with E-state index in [0.29, 0.717) is 37.5 Å². The van der Waals surface area contributed by atoms with E-state index in [1.807, 2.05) is 85.8 Å². The molecular formula is C36H41N3O6S2. The Morgan fingerprint density at radius 1 is 0.745 bits per heavy atom. The van der Waals surface area contributed by atoms with E-state index in [1.165, 1.54) is 0 Å². The smallest absolute Gasteiger partial charge is 0.230 e. The molecule has 1 atom stereocenters. The van der Waals surface area contributed by atoms with Crippen LogP contribution < -0.4 is 9.47 Å². The molecule has 0 aliphatic rings. The molecular weight excluding hydrogens is 635 g/mol. The van der Waals surface area contributed by atoms with Crippen molar-refractivity contribution >= 4 is 19.7 Å². The van der Waals surface area contributed by atoms with Gasteiger partial charge in [0.15, 0.2) is 0 Å². The van der Waals surface area contributed by atoms with E-state index in [1.54, 1.807) is 44.6 Å². The zero-order valence-corrected chi connectivity index (χ0v) is 28.6. The lowest BCUT2D eigenvalue weighted by Crippen LogP contribution is -2.40. The van der Waals surface area contributed by atoms with Gasteiger partial charge in [-0.15, -0.1) is 0 Å². The number of methoxy groups -OCH3 is 2. The van der Waals surface area contributed by atoms with Crippen molar-refractivity contribution in [1.82, 2.24) is 0 Å². The van der Waals surface area contributed by atoms with Crippen LogP contribution in [-0.4, -0.2) is 54.8 Å². The normalized spacial score (nSPS) is 12.9. The molecule has 0 saturated heterocycles. The highest BCUT2D eigenvalue weighted by molar-refractivity contribution is 8.72. The second-order valence-electron chi connectivity index (χ2n) is 11.3. The molecule has 248 valence electrons. The van der Waals surface area contributed by atoms with E-state index in [9.17, 15) is 8.42 Å². The number of unbranched alkanes of at least 4 members (excludes halogenated alkanes) is 1. The molecule has 0 fully saturated rings. The Morgan fingerprint density at radius 2 is 1.28 bits per heavy atom. The van der Waals surface area contributed by atoms with Crippen molar-refractivity contribution in [2.75, 3.05) is 46.3 Å². The molecule has 4 aromatic rings. The number of hydrogen-bond acceptors (Lipinski definition) is 8. The summed E-state index contributed by atoms with van der Waals surface area (Å²) in [5.41, 5.74) is 9.42. The summed E-state index contributed by atoms with van der Waals surface area (Å²) < 4.78 is 50.9. The van der Waals surface area contributed by atoms with Crippen LogP contribution in [0.15, 0.2) is 119 Å². The van der Waals surface area contributed by atoms with Crippen LogP contribution in [0.5, 0.6) is 11.5 Å². The molecule has 0 spiro atoms. The van der Waals surface area contributed by atoms with Crippen molar-refractivity contribution in [2.45, 2.75) is 30.3 Å². The SMILES string of the molecule is COc1ccc(C(OCC(C)(COCCCCN=[N+]=[N-])CSS(=O)(=O)c2ccccc2)(c2ccccc2)c2ccc(OC)cc2)cc1. The van der Waals surface area contributed by atoms with Crippen LogP contribution in [0.3, 0.4) is 0 Å². The Hall–Kier alpha value is -3.99. The number of rotatable bonds is 19. The molecule has 0 aromatic heterocycles. The van der Waals surface area contributed by atoms with Crippen molar-refractivity contribution in [1.29, 1.82) is 0 Å². The lowest BCUT2D eigenvalue weighted by molar-refractivity contribution is -0.0564. The van der Waals surface area contributed by atoms with Gasteiger partial charge in [-0.1, -0.05) is 84.8 Å². The maximum atomic E-state index is 13.4. The highest BCUT2D eigenvalue weighted by Crippen LogP contribution is 2.43. The monoisotopic (exact) mass is 675 g/mol. The van der Waals surface area contributed by atoms with Gasteiger partial charge in [0.05, 0.1) is 32.3 Å². The zero-order chi connectivity index (χ0) is 33.6. The molecule has 0 radical (unpaired) electrons. The standard InChI is InChI=1S/C36H41N3O6S2/c1-35(26-44-25-11-10-24-38-39-37,28-46-47(40,41)34-14-8-5-9-15-34)27-45-36(29-12-6-4-7-13-29,30-16-20-32(42-2)21-17-30)31-18-22-33(43-3)23-19-31/h4-9,12-23H,10-11,24-28H2,1-3H3. The summed E-state index contributed by atoms with van der Waals surface area (Å²) in [6, 6.07) is 34.0. The molecule has 0 saturated carbocycles. The number of azide groups is 1. The Kier molecular flexibility index (Phi) is 13.2. The molecule has 47 heavy (non-hydrogen) atoms. The number of ether oxygens (including phenoxy) is 4. The van der Waals surface area contributed by atoms with E-state index < -0.39 is 19.9 Å².